The quantitative estimate of drug-likeness (QED) is 0.624. The molecule has 0 spiro atoms. The van der Waals surface area contributed by atoms with E-state index in [2.05, 4.69) is 6.92 Å². The molecular weight excluding hydrogens is 140 g/mol. The molecule has 0 N–H and O–H groups in total. The first-order chi connectivity index (χ1) is 5.18. The summed E-state index contributed by atoms with van der Waals surface area (Å²) >= 11 is 0. The minimum Gasteiger partial charge on any atom is -0.375 e. The van der Waals surface area contributed by atoms with Crippen LogP contribution >= 0.6 is 0 Å². The van der Waals surface area contributed by atoms with Crippen LogP contribution in [-0.2, 0) is 9.53 Å². The highest BCUT2D eigenvalue weighted by Crippen LogP contribution is 2.22. The van der Waals surface area contributed by atoms with Gasteiger partial charge < -0.3 is 9.53 Å². The maximum Gasteiger partial charge on any atom is 0.129 e. The second kappa shape index (κ2) is 3.86. The molecule has 0 radical (unpaired) electrons. The van der Waals surface area contributed by atoms with E-state index in [1.165, 1.54) is 0 Å². The molecule has 1 saturated heterocycles. The van der Waals surface area contributed by atoms with Crippen LogP contribution in [0.2, 0.25) is 0 Å². The summed E-state index contributed by atoms with van der Waals surface area (Å²) in [5, 5.41) is 0. The summed E-state index contributed by atoms with van der Waals surface area (Å²) in [6, 6.07) is 0. The highest BCUT2D eigenvalue weighted by Gasteiger charge is 2.21. The molecular formula is C9H16O2. The normalized spacial score (nSPS) is 30.7. The van der Waals surface area contributed by atoms with Gasteiger partial charge in [-0.05, 0) is 33.1 Å². The number of rotatable bonds is 3. The molecule has 0 bridgehead atoms. The fourth-order valence-electron chi connectivity index (χ4n) is 1.46. The van der Waals surface area contributed by atoms with Crippen LogP contribution in [0.25, 0.3) is 0 Å². The van der Waals surface area contributed by atoms with E-state index in [0.29, 0.717) is 18.6 Å². The smallest absolute Gasteiger partial charge is 0.129 e. The Morgan fingerprint density at radius 2 is 2.27 bits per heavy atom. The summed E-state index contributed by atoms with van der Waals surface area (Å²) in [4.78, 5) is 10.6. The zero-order valence-electron chi connectivity index (χ0n) is 7.30. The van der Waals surface area contributed by atoms with Crippen LogP contribution in [0.3, 0.4) is 0 Å². The van der Waals surface area contributed by atoms with Crippen molar-refractivity contribution < 1.29 is 9.53 Å². The summed E-state index contributed by atoms with van der Waals surface area (Å²) in [7, 11) is 0. The molecule has 1 aliphatic heterocycles. The van der Waals surface area contributed by atoms with Crippen molar-refractivity contribution in [1.29, 1.82) is 0 Å². The third-order valence-electron chi connectivity index (χ3n) is 2.14. The zero-order chi connectivity index (χ0) is 8.27. The van der Waals surface area contributed by atoms with Crippen molar-refractivity contribution in [1.82, 2.24) is 0 Å². The molecule has 0 unspecified atom stereocenters. The Balaban J connectivity index is 2.13. The predicted octanol–water partition coefficient (Wildman–Crippen LogP) is 1.92. The van der Waals surface area contributed by atoms with Gasteiger partial charge in [-0.15, -0.1) is 0 Å². The molecule has 0 aliphatic carbocycles. The van der Waals surface area contributed by atoms with Crippen LogP contribution in [0, 0.1) is 0 Å². The van der Waals surface area contributed by atoms with Crippen LogP contribution in [0.5, 0.6) is 0 Å². The summed E-state index contributed by atoms with van der Waals surface area (Å²) in [6.07, 6.45) is 4.65. The number of carbonyl (C=O) groups excluding carboxylic acids is 1. The SMILES string of the molecule is CC(=O)CC[C@@H]1CC[C@@H](C)O1. The monoisotopic (exact) mass is 156 g/mol. The van der Waals surface area contributed by atoms with Crippen LogP contribution in [0.4, 0.5) is 0 Å². The molecule has 0 aromatic rings. The first kappa shape index (κ1) is 8.72. The second-order valence-electron chi connectivity index (χ2n) is 3.39. The van der Waals surface area contributed by atoms with Crippen molar-refractivity contribution in [3.8, 4) is 0 Å². The number of ketones is 1. The summed E-state index contributed by atoms with van der Waals surface area (Å²) in [5.74, 6) is 0.271. The van der Waals surface area contributed by atoms with Gasteiger partial charge in [-0.2, -0.15) is 0 Å². The van der Waals surface area contributed by atoms with Crippen molar-refractivity contribution >= 4 is 5.78 Å². The van der Waals surface area contributed by atoms with Gasteiger partial charge in [-0.1, -0.05) is 0 Å². The van der Waals surface area contributed by atoms with Crippen LogP contribution in [-0.4, -0.2) is 18.0 Å². The Morgan fingerprint density at radius 3 is 2.73 bits per heavy atom. The predicted molar refractivity (Wildman–Crippen MR) is 43.5 cm³/mol. The lowest BCUT2D eigenvalue weighted by molar-refractivity contribution is -0.117. The second-order valence-corrected chi connectivity index (χ2v) is 3.39. The molecule has 0 saturated carbocycles. The lowest BCUT2D eigenvalue weighted by atomic mass is 10.1. The zero-order valence-corrected chi connectivity index (χ0v) is 7.30. The molecule has 2 atom stereocenters. The Hall–Kier alpha value is -0.370. The van der Waals surface area contributed by atoms with Gasteiger partial charge in [0.1, 0.15) is 5.78 Å². The van der Waals surface area contributed by atoms with E-state index in [1.54, 1.807) is 6.92 Å². The van der Waals surface area contributed by atoms with Crippen molar-refractivity contribution in [2.75, 3.05) is 0 Å². The molecule has 11 heavy (non-hydrogen) atoms. The van der Waals surface area contributed by atoms with Gasteiger partial charge in [-0.3, -0.25) is 0 Å². The van der Waals surface area contributed by atoms with E-state index in [-0.39, 0.29) is 5.78 Å². The van der Waals surface area contributed by atoms with E-state index < -0.39 is 0 Å². The van der Waals surface area contributed by atoms with Gasteiger partial charge in [-0.25, -0.2) is 0 Å². The Kier molecular flexibility index (Phi) is 3.06. The van der Waals surface area contributed by atoms with Gasteiger partial charge in [0, 0.05) is 6.42 Å². The Morgan fingerprint density at radius 1 is 1.55 bits per heavy atom. The average Bonchev–Trinajstić information content (AvgIpc) is 2.31. The number of hydrogen-bond donors (Lipinski definition) is 0. The van der Waals surface area contributed by atoms with Crippen molar-refractivity contribution in [3.05, 3.63) is 0 Å². The summed E-state index contributed by atoms with van der Waals surface area (Å²) in [6.45, 7) is 3.73. The summed E-state index contributed by atoms with van der Waals surface area (Å²) < 4.78 is 5.56. The van der Waals surface area contributed by atoms with E-state index in [4.69, 9.17) is 4.74 Å². The Labute approximate surface area is 67.9 Å². The largest absolute Gasteiger partial charge is 0.375 e. The summed E-state index contributed by atoms with van der Waals surface area (Å²) in [5.41, 5.74) is 0. The minimum atomic E-state index is 0.271. The van der Waals surface area contributed by atoms with Crippen LogP contribution in [0.1, 0.15) is 39.5 Å². The maximum atomic E-state index is 10.6. The molecule has 0 aromatic heterocycles. The van der Waals surface area contributed by atoms with Gasteiger partial charge in [0.05, 0.1) is 12.2 Å². The van der Waals surface area contributed by atoms with Crippen LogP contribution < -0.4 is 0 Å². The average molecular weight is 156 g/mol. The van der Waals surface area contributed by atoms with Gasteiger partial charge in [0.25, 0.3) is 0 Å². The van der Waals surface area contributed by atoms with Crippen LogP contribution in [0.15, 0.2) is 0 Å². The fourth-order valence-corrected chi connectivity index (χ4v) is 1.46. The molecule has 0 aromatic carbocycles. The number of carbonyl (C=O) groups is 1. The van der Waals surface area contributed by atoms with E-state index in [9.17, 15) is 4.79 Å². The van der Waals surface area contributed by atoms with Crippen molar-refractivity contribution in [2.24, 2.45) is 0 Å². The third kappa shape index (κ3) is 3.02. The first-order valence-electron chi connectivity index (χ1n) is 4.33. The molecule has 2 heteroatoms. The molecule has 1 heterocycles. The number of hydrogen-bond acceptors (Lipinski definition) is 2. The maximum absolute atomic E-state index is 10.6. The van der Waals surface area contributed by atoms with Crippen molar-refractivity contribution in [3.63, 3.8) is 0 Å². The Bertz CT molecular complexity index is 142. The molecule has 1 aliphatic rings. The standard InChI is InChI=1S/C9H16O2/c1-7(10)3-5-9-6-4-8(2)11-9/h8-9H,3-6H2,1-2H3/t8-,9-/m1/s1. The first-order valence-corrected chi connectivity index (χ1v) is 4.33. The molecule has 64 valence electrons. The van der Waals surface area contributed by atoms with Gasteiger partial charge >= 0.3 is 0 Å². The molecule has 0 amide bonds. The lowest BCUT2D eigenvalue weighted by Crippen LogP contribution is -2.09. The fraction of sp³-hybridized carbons (Fsp3) is 0.889. The topological polar surface area (TPSA) is 26.3 Å². The molecule has 2 nitrogen and oxygen atoms in total. The lowest BCUT2D eigenvalue weighted by Gasteiger charge is -2.08. The molecule has 1 rings (SSSR count). The van der Waals surface area contributed by atoms with E-state index in [1.807, 2.05) is 0 Å². The van der Waals surface area contributed by atoms with Crippen molar-refractivity contribution in [2.45, 2.75) is 51.7 Å². The van der Waals surface area contributed by atoms with Gasteiger partial charge in [0.2, 0.25) is 0 Å². The van der Waals surface area contributed by atoms with E-state index >= 15 is 0 Å². The third-order valence-corrected chi connectivity index (χ3v) is 2.14. The number of Topliss-reactive ketones (excluding diaryl/α,β-unsaturated/α-hetero) is 1. The highest BCUT2D eigenvalue weighted by molar-refractivity contribution is 5.75. The minimum absolute atomic E-state index is 0.271. The highest BCUT2D eigenvalue weighted by atomic mass is 16.5. The van der Waals surface area contributed by atoms with E-state index in [0.717, 1.165) is 19.3 Å². The van der Waals surface area contributed by atoms with Gasteiger partial charge in [0.15, 0.2) is 0 Å². The molecule has 1 fully saturated rings. The number of ether oxygens (including phenoxy) is 1.